The fourth-order valence-corrected chi connectivity index (χ4v) is 1.91. The minimum Gasteiger partial charge on any atom is -0.489 e. The molecule has 1 N–H and O–H groups in total. The van der Waals surface area contributed by atoms with Crippen LogP contribution in [0.1, 0.15) is 30.7 Å². The van der Waals surface area contributed by atoms with Gasteiger partial charge in [-0.05, 0) is 36.7 Å². The molecular formula is C16H21NO2. The van der Waals surface area contributed by atoms with Crippen molar-refractivity contribution in [2.75, 3.05) is 6.54 Å². The number of benzene rings is 1. The molecule has 0 aliphatic rings. The lowest BCUT2D eigenvalue weighted by Gasteiger charge is -2.08. The fraction of sp³-hybridized carbons (Fsp3) is 0.375. The van der Waals surface area contributed by atoms with Crippen LogP contribution in [0.15, 0.2) is 41.0 Å². The number of hydrogen-bond acceptors (Lipinski definition) is 3. The molecule has 0 spiro atoms. The van der Waals surface area contributed by atoms with E-state index in [9.17, 15) is 0 Å². The molecule has 0 saturated heterocycles. The van der Waals surface area contributed by atoms with E-state index in [-0.39, 0.29) is 0 Å². The normalized spacial score (nSPS) is 10.6. The molecule has 1 aromatic heterocycles. The predicted molar refractivity (Wildman–Crippen MR) is 76.2 cm³/mol. The Labute approximate surface area is 114 Å². The van der Waals surface area contributed by atoms with Crippen LogP contribution in [0.2, 0.25) is 0 Å². The number of furan rings is 1. The molecule has 102 valence electrons. The Morgan fingerprint density at radius 1 is 1.21 bits per heavy atom. The van der Waals surface area contributed by atoms with Crippen LogP contribution in [-0.4, -0.2) is 6.54 Å². The molecule has 0 unspecified atom stereocenters. The highest BCUT2D eigenvalue weighted by Crippen LogP contribution is 2.17. The summed E-state index contributed by atoms with van der Waals surface area (Å²) in [6.45, 7) is 6.44. The van der Waals surface area contributed by atoms with Crippen molar-refractivity contribution in [3.8, 4) is 5.75 Å². The van der Waals surface area contributed by atoms with E-state index in [1.165, 1.54) is 5.56 Å². The second kappa shape index (κ2) is 7.00. The van der Waals surface area contributed by atoms with E-state index in [1.807, 2.05) is 18.2 Å². The molecule has 0 saturated carbocycles. The summed E-state index contributed by atoms with van der Waals surface area (Å²) in [5, 5.41) is 3.26. The van der Waals surface area contributed by atoms with E-state index in [0.29, 0.717) is 6.61 Å². The standard InChI is InChI=1S/C16H21NO2/c1-3-13-6-5-7-15(10-13)19-12-14-8-9-18-16(14)11-17-4-2/h5-10,17H,3-4,11-12H2,1-2H3. The quantitative estimate of drug-likeness (QED) is 0.826. The number of aryl methyl sites for hydroxylation is 1. The monoisotopic (exact) mass is 259 g/mol. The van der Waals surface area contributed by atoms with Gasteiger partial charge in [0.05, 0.1) is 12.8 Å². The highest BCUT2D eigenvalue weighted by atomic mass is 16.5. The maximum Gasteiger partial charge on any atom is 0.124 e. The van der Waals surface area contributed by atoms with Crippen molar-refractivity contribution < 1.29 is 9.15 Å². The Hall–Kier alpha value is -1.74. The zero-order valence-electron chi connectivity index (χ0n) is 11.6. The average Bonchev–Trinajstić information content (AvgIpc) is 2.90. The van der Waals surface area contributed by atoms with Crippen molar-refractivity contribution in [3.05, 3.63) is 53.5 Å². The maximum absolute atomic E-state index is 5.83. The second-order valence-electron chi connectivity index (χ2n) is 4.44. The molecule has 1 aromatic carbocycles. The summed E-state index contributed by atoms with van der Waals surface area (Å²) in [6.07, 6.45) is 2.74. The van der Waals surface area contributed by atoms with Gasteiger partial charge in [0.1, 0.15) is 18.1 Å². The van der Waals surface area contributed by atoms with Gasteiger partial charge >= 0.3 is 0 Å². The maximum atomic E-state index is 5.83. The third-order valence-electron chi connectivity index (χ3n) is 3.07. The first-order valence-corrected chi connectivity index (χ1v) is 6.81. The number of rotatable bonds is 7. The SMILES string of the molecule is CCNCc1occc1COc1cccc(CC)c1. The van der Waals surface area contributed by atoms with Crippen molar-refractivity contribution in [2.45, 2.75) is 33.4 Å². The third kappa shape index (κ3) is 3.86. The molecule has 19 heavy (non-hydrogen) atoms. The average molecular weight is 259 g/mol. The van der Waals surface area contributed by atoms with Gasteiger partial charge in [0.2, 0.25) is 0 Å². The van der Waals surface area contributed by atoms with Gasteiger partial charge in [0.15, 0.2) is 0 Å². The molecule has 0 amide bonds. The topological polar surface area (TPSA) is 34.4 Å². The van der Waals surface area contributed by atoms with Crippen molar-refractivity contribution in [1.29, 1.82) is 0 Å². The van der Waals surface area contributed by atoms with Crippen LogP contribution in [0.5, 0.6) is 5.75 Å². The van der Waals surface area contributed by atoms with Crippen LogP contribution < -0.4 is 10.1 Å². The molecule has 0 bridgehead atoms. The summed E-state index contributed by atoms with van der Waals surface area (Å²) in [6, 6.07) is 10.2. The van der Waals surface area contributed by atoms with Crippen molar-refractivity contribution in [1.82, 2.24) is 5.32 Å². The Morgan fingerprint density at radius 3 is 2.89 bits per heavy atom. The van der Waals surface area contributed by atoms with Gasteiger partial charge in [-0.25, -0.2) is 0 Å². The lowest BCUT2D eigenvalue weighted by Crippen LogP contribution is -2.12. The largest absolute Gasteiger partial charge is 0.489 e. The summed E-state index contributed by atoms with van der Waals surface area (Å²) in [7, 11) is 0. The van der Waals surface area contributed by atoms with Gasteiger partial charge in [0, 0.05) is 5.56 Å². The summed E-state index contributed by atoms with van der Waals surface area (Å²) < 4.78 is 11.3. The summed E-state index contributed by atoms with van der Waals surface area (Å²) >= 11 is 0. The number of nitrogens with one attached hydrogen (secondary N) is 1. The number of hydrogen-bond donors (Lipinski definition) is 1. The zero-order valence-corrected chi connectivity index (χ0v) is 11.6. The minimum absolute atomic E-state index is 0.546. The van der Waals surface area contributed by atoms with E-state index < -0.39 is 0 Å². The van der Waals surface area contributed by atoms with Gasteiger partial charge in [-0.1, -0.05) is 26.0 Å². The third-order valence-corrected chi connectivity index (χ3v) is 3.07. The van der Waals surface area contributed by atoms with Crippen LogP contribution in [0.3, 0.4) is 0 Å². The molecule has 0 radical (unpaired) electrons. The van der Waals surface area contributed by atoms with Crippen LogP contribution in [0.25, 0.3) is 0 Å². The van der Waals surface area contributed by atoms with Gasteiger partial charge in [-0.2, -0.15) is 0 Å². The van der Waals surface area contributed by atoms with Crippen LogP contribution in [-0.2, 0) is 19.6 Å². The second-order valence-corrected chi connectivity index (χ2v) is 4.44. The molecule has 2 aromatic rings. The van der Waals surface area contributed by atoms with Crippen molar-refractivity contribution >= 4 is 0 Å². The fourth-order valence-electron chi connectivity index (χ4n) is 1.91. The predicted octanol–water partition coefficient (Wildman–Crippen LogP) is 3.53. The number of ether oxygens (including phenoxy) is 1. The molecule has 0 atom stereocenters. The first-order valence-electron chi connectivity index (χ1n) is 6.81. The highest BCUT2D eigenvalue weighted by Gasteiger charge is 2.06. The summed E-state index contributed by atoms with van der Waals surface area (Å²) in [4.78, 5) is 0. The van der Waals surface area contributed by atoms with Crippen LogP contribution >= 0.6 is 0 Å². The van der Waals surface area contributed by atoms with Crippen molar-refractivity contribution in [3.63, 3.8) is 0 Å². The van der Waals surface area contributed by atoms with E-state index in [1.54, 1.807) is 6.26 Å². The molecule has 0 aliphatic heterocycles. The Bertz CT molecular complexity index is 505. The van der Waals surface area contributed by atoms with E-state index in [4.69, 9.17) is 9.15 Å². The molecule has 0 aliphatic carbocycles. The van der Waals surface area contributed by atoms with E-state index in [0.717, 1.165) is 36.6 Å². The molecule has 1 heterocycles. The van der Waals surface area contributed by atoms with Gasteiger partial charge in [-0.3, -0.25) is 0 Å². The highest BCUT2D eigenvalue weighted by molar-refractivity contribution is 5.29. The lowest BCUT2D eigenvalue weighted by molar-refractivity contribution is 0.301. The van der Waals surface area contributed by atoms with E-state index >= 15 is 0 Å². The molecule has 2 rings (SSSR count). The minimum atomic E-state index is 0.546. The summed E-state index contributed by atoms with van der Waals surface area (Å²) in [5.74, 6) is 1.86. The molecular weight excluding hydrogens is 238 g/mol. The summed E-state index contributed by atoms with van der Waals surface area (Å²) in [5.41, 5.74) is 2.39. The molecule has 3 heteroatoms. The van der Waals surface area contributed by atoms with Gasteiger partial charge in [-0.15, -0.1) is 0 Å². The Morgan fingerprint density at radius 2 is 2.11 bits per heavy atom. The molecule has 0 fully saturated rings. The van der Waals surface area contributed by atoms with E-state index in [2.05, 4.69) is 31.3 Å². The first-order chi connectivity index (χ1) is 9.33. The van der Waals surface area contributed by atoms with Crippen LogP contribution in [0, 0.1) is 0 Å². The first kappa shape index (κ1) is 13.7. The Balaban J connectivity index is 1.96. The van der Waals surface area contributed by atoms with Gasteiger partial charge in [0.25, 0.3) is 0 Å². The Kier molecular flexibility index (Phi) is 5.04. The zero-order chi connectivity index (χ0) is 13.5. The smallest absolute Gasteiger partial charge is 0.124 e. The molecule has 3 nitrogen and oxygen atoms in total. The van der Waals surface area contributed by atoms with Crippen molar-refractivity contribution in [2.24, 2.45) is 0 Å². The van der Waals surface area contributed by atoms with Crippen LogP contribution in [0.4, 0.5) is 0 Å². The van der Waals surface area contributed by atoms with Gasteiger partial charge < -0.3 is 14.5 Å². The lowest BCUT2D eigenvalue weighted by atomic mass is 10.2.